The Kier molecular flexibility index (Phi) is 4.91. The summed E-state index contributed by atoms with van der Waals surface area (Å²) in [6, 6.07) is 10.1. The maximum absolute atomic E-state index is 12.9. The number of rotatable bonds is 5. The number of imide groups is 1. The molecule has 0 unspecified atom stereocenters. The van der Waals surface area contributed by atoms with E-state index in [0.29, 0.717) is 6.42 Å². The van der Waals surface area contributed by atoms with Gasteiger partial charge in [0.2, 0.25) is 11.8 Å². The first-order valence-electron chi connectivity index (χ1n) is 8.42. The molecule has 2 aliphatic rings. The molecule has 2 amide bonds. The molecule has 2 aliphatic heterocycles. The Morgan fingerprint density at radius 2 is 2.04 bits per heavy atom. The van der Waals surface area contributed by atoms with Gasteiger partial charge in [-0.2, -0.15) is 0 Å². The van der Waals surface area contributed by atoms with E-state index in [1.165, 1.54) is 5.56 Å². The molecule has 0 aromatic heterocycles. The maximum Gasteiger partial charge on any atom is 0.233 e. The van der Waals surface area contributed by atoms with Gasteiger partial charge in [-0.15, -0.1) is 6.58 Å². The third-order valence-corrected chi connectivity index (χ3v) is 4.89. The van der Waals surface area contributed by atoms with Gasteiger partial charge in [0.25, 0.3) is 0 Å². The van der Waals surface area contributed by atoms with Gasteiger partial charge < -0.3 is 0 Å². The number of nitrogens with zero attached hydrogens (tertiary/aromatic N) is 2. The van der Waals surface area contributed by atoms with Crippen LogP contribution in [-0.4, -0.2) is 47.3 Å². The second-order valence-corrected chi connectivity index (χ2v) is 6.52. The van der Waals surface area contributed by atoms with Gasteiger partial charge in [0.05, 0.1) is 5.92 Å². The van der Waals surface area contributed by atoms with Crippen molar-refractivity contribution in [1.82, 2.24) is 9.80 Å². The second-order valence-electron chi connectivity index (χ2n) is 6.52. The summed E-state index contributed by atoms with van der Waals surface area (Å²) in [7, 11) is 0. The first kappa shape index (κ1) is 15.9. The van der Waals surface area contributed by atoms with Gasteiger partial charge in [0.15, 0.2) is 0 Å². The molecular formula is C19H24N2O2. The lowest BCUT2D eigenvalue weighted by atomic mass is 10.0. The lowest BCUT2D eigenvalue weighted by molar-refractivity contribution is -0.146. The van der Waals surface area contributed by atoms with Crippen LogP contribution < -0.4 is 0 Å². The van der Waals surface area contributed by atoms with Crippen LogP contribution in [-0.2, 0) is 16.0 Å². The summed E-state index contributed by atoms with van der Waals surface area (Å²) in [5.74, 6) is -0.0200. The molecule has 3 rings (SSSR count). The topological polar surface area (TPSA) is 40.6 Å². The second kappa shape index (κ2) is 7.09. The monoisotopic (exact) mass is 312 g/mol. The van der Waals surface area contributed by atoms with E-state index in [2.05, 4.69) is 23.6 Å². The quantitative estimate of drug-likeness (QED) is 0.618. The molecule has 1 aromatic rings. The Morgan fingerprint density at radius 1 is 1.26 bits per heavy atom. The minimum atomic E-state index is -0.0460. The normalized spacial score (nSPS) is 25.0. The SMILES string of the molecule is C=CCN1CC[C@H](C(=O)N2C(=O)CC[C@@H]2Cc2ccccc2)C1. The molecule has 2 heterocycles. The maximum atomic E-state index is 12.9. The molecule has 1 aromatic carbocycles. The summed E-state index contributed by atoms with van der Waals surface area (Å²) in [4.78, 5) is 28.9. The van der Waals surface area contributed by atoms with E-state index in [1.807, 2.05) is 24.3 Å². The fourth-order valence-electron chi connectivity index (χ4n) is 3.70. The molecular weight excluding hydrogens is 288 g/mol. The van der Waals surface area contributed by atoms with Crippen molar-refractivity contribution in [1.29, 1.82) is 0 Å². The van der Waals surface area contributed by atoms with E-state index in [-0.39, 0.29) is 23.8 Å². The third-order valence-electron chi connectivity index (χ3n) is 4.89. The number of hydrogen-bond donors (Lipinski definition) is 0. The smallest absolute Gasteiger partial charge is 0.233 e. The van der Waals surface area contributed by atoms with Crippen molar-refractivity contribution in [3.05, 3.63) is 48.6 Å². The van der Waals surface area contributed by atoms with E-state index in [0.717, 1.165) is 38.9 Å². The molecule has 0 spiro atoms. The minimum Gasteiger partial charge on any atom is -0.299 e. The largest absolute Gasteiger partial charge is 0.299 e. The average molecular weight is 312 g/mol. The van der Waals surface area contributed by atoms with Crippen LogP contribution in [0.5, 0.6) is 0 Å². The molecule has 4 nitrogen and oxygen atoms in total. The fourth-order valence-corrected chi connectivity index (χ4v) is 3.70. The number of hydrogen-bond acceptors (Lipinski definition) is 3. The summed E-state index contributed by atoms with van der Waals surface area (Å²) in [5, 5.41) is 0. The van der Waals surface area contributed by atoms with Crippen molar-refractivity contribution in [2.75, 3.05) is 19.6 Å². The molecule has 0 bridgehead atoms. The van der Waals surface area contributed by atoms with E-state index >= 15 is 0 Å². The highest BCUT2D eigenvalue weighted by atomic mass is 16.2. The lowest BCUT2D eigenvalue weighted by Crippen LogP contribution is -2.44. The zero-order chi connectivity index (χ0) is 16.2. The van der Waals surface area contributed by atoms with E-state index in [1.54, 1.807) is 4.90 Å². The number of likely N-dealkylation sites (tertiary alicyclic amines) is 2. The zero-order valence-electron chi connectivity index (χ0n) is 13.5. The minimum absolute atomic E-state index is 0.00176. The van der Waals surface area contributed by atoms with Crippen LogP contribution >= 0.6 is 0 Å². The summed E-state index contributed by atoms with van der Waals surface area (Å²) in [5.41, 5.74) is 1.18. The van der Waals surface area contributed by atoms with Crippen LogP contribution in [0.2, 0.25) is 0 Å². The molecule has 23 heavy (non-hydrogen) atoms. The number of carbonyl (C=O) groups excluding carboxylic acids is 2. The van der Waals surface area contributed by atoms with Crippen molar-refractivity contribution in [3.8, 4) is 0 Å². The van der Waals surface area contributed by atoms with Gasteiger partial charge in [0, 0.05) is 25.6 Å². The van der Waals surface area contributed by atoms with Crippen LogP contribution in [0.4, 0.5) is 0 Å². The van der Waals surface area contributed by atoms with Gasteiger partial charge in [-0.3, -0.25) is 19.4 Å². The van der Waals surface area contributed by atoms with Crippen LogP contribution in [0.25, 0.3) is 0 Å². The standard InChI is InChI=1S/C19H24N2O2/c1-2-11-20-12-10-16(14-20)19(23)21-17(8-9-18(21)22)13-15-6-4-3-5-7-15/h2-7,16-17H,1,8-14H2/t16-,17+/m0/s1. The molecule has 0 radical (unpaired) electrons. The highest BCUT2D eigenvalue weighted by Crippen LogP contribution is 2.27. The molecule has 0 saturated carbocycles. The van der Waals surface area contributed by atoms with Crippen LogP contribution in [0, 0.1) is 5.92 Å². The Balaban J connectivity index is 1.67. The van der Waals surface area contributed by atoms with E-state index in [9.17, 15) is 9.59 Å². The Bertz CT molecular complexity index is 584. The fraction of sp³-hybridized carbons (Fsp3) is 0.474. The van der Waals surface area contributed by atoms with Crippen molar-refractivity contribution in [2.24, 2.45) is 5.92 Å². The van der Waals surface area contributed by atoms with Crippen LogP contribution in [0.1, 0.15) is 24.8 Å². The Morgan fingerprint density at radius 3 is 2.78 bits per heavy atom. The summed E-state index contributed by atoms with van der Waals surface area (Å²) in [6.07, 6.45) is 4.75. The van der Waals surface area contributed by atoms with Crippen molar-refractivity contribution >= 4 is 11.8 Å². The number of carbonyl (C=O) groups is 2. The molecule has 2 atom stereocenters. The highest BCUT2D eigenvalue weighted by molar-refractivity contribution is 5.98. The number of benzene rings is 1. The third kappa shape index (κ3) is 3.53. The van der Waals surface area contributed by atoms with Gasteiger partial charge in [-0.05, 0) is 31.4 Å². The lowest BCUT2D eigenvalue weighted by Gasteiger charge is -2.26. The Labute approximate surface area is 137 Å². The Hall–Kier alpha value is -1.94. The molecule has 122 valence electrons. The van der Waals surface area contributed by atoms with Crippen LogP contribution in [0.15, 0.2) is 43.0 Å². The summed E-state index contributed by atoms with van der Waals surface area (Å²) >= 11 is 0. The molecule has 2 saturated heterocycles. The van der Waals surface area contributed by atoms with Gasteiger partial charge in [-0.1, -0.05) is 36.4 Å². The summed E-state index contributed by atoms with van der Waals surface area (Å²) in [6.45, 7) is 6.22. The highest BCUT2D eigenvalue weighted by Gasteiger charge is 2.40. The first-order chi connectivity index (χ1) is 11.2. The van der Waals surface area contributed by atoms with E-state index < -0.39 is 0 Å². The van der Waals surface area contributed by atoms with Gasteiger partial charge >= 0.3 is 0 Å². The van der Waals surface area contributed by atoms with Crippen LogP contribution in [0.3, 0.4) is 0 Å². The zero-order valence-corrected chi connectivity index (χ0v) is 13.5. The van der Waals surface area contributed by atoms with Crippen molar-refractivity contribution in [3.63, 3.8) is 0 Å². The summed E-state index contributed by atoms with van der Waals surface area (Å²) < 4.78 is 0. The van der Waals surface area contributed by atoms with Crippen molar-refractivity contribution in [2.45, 2.75) is 31.7 Å². The predicted molar refractivity (Wildman–Crippen MR) is 89.8 cm³/mol. The van der Waals surface area contributed by atoms with E-state index in [4.69, 9.17) is 0 Å². The first-order valence-corrected chi connectivity index (χ1v) is 8.42. The average Bonchev–Trinajstić information content (AvgIpc) is 3.16. The number of amides is 2. The van der Waals surface area contributed by atoms with Crippen molar-refractivity contribution < 1.29 is 9.59 Å². The predicted octanol–water partition coefficient (Wildman–Crippen LogP) is 2.25. The van der Waals surface area contributed by atoms with Gasteiger partial charge in [0.1, 0.15) is 0 Å². The molecule has 0 aliphatic carbocycles. The molecule has 0 N–H and O–H groups in total. The van der Waals surface area contributed by atoms with Gasteiger partial charge in [-0.25, -0.2) is 0 Å². The molecule has 4 heteroatoms. The molecule has 2 fully saturated rings.